The van der Waals surface area contributed by atoms with E-state index in [9.17, 15) is 14.4 Å². The van der Waals surface area contributed by atoms with Crippen molar-refractivity contribution < 1.29 is 19.1 Å². The number of rotatable bonds is 3. The van der Waals surface area contributed by atoms with Gasteiger partial charge in [-0.25, -0.2) is 4.79 Å². The van der Waals surface area contributed by atoms with Crippen LogP contribution >= 0.6 is 11.8 Å². The van der Waals surface area contributed by atoms with Crippen LogP contribution in [-0.4, -0.2) is 64.4 Å². The minimum atomic E-state index is -0.505. The van der Waals surface area contributed by atoms with E-state index in [4.69, 9.17) is 4.74 Å². The molecule has 112 valence electrons. The summed E-state index contributed by atoms with van der Waals surface area (Å²) in [6.07, 6.45) is 2.14. The first-order valence-electron chi connectivity index (χ1n) is 6.68. The molecule has 2 rings (SSSR count). The van der Waals surface area contributed by atoms with Crippen LogP contribution in [0.2, 0.25) is 0 Å². The largest absolute Gasteiger partial charge is 0.467 e. The van der Waals surface area contributed by atoms with Gasteiger partial charge in [0.15, 0.2) is 0 Å². The lowest BCUT2D eigenvalue weighted by atomic mass is 10.1. The smallest absolute Gasteiger partial charge is 0.328 e. The van der Waals surface area contributed by atoms with Gasteiger partial charge < -0.3 is 14.5 Å². The van der Waals surface area contributed by atoms with Gasteiger partial charge in [0.2, 0.25) is 12.3 Å². The van der Waals surface area contributed by atoms with Crippen molar-refractivity contribution >= 4 is 30.0 Å². The zero-order valence-electron chi connectivity index (χ0n) is 12.0. The van der Waals surface area contributed by atoms with Gasteiger partial charge in [-0.15, -0.1) is 11.8 Å². The molecule has 20 heavy (non-hydrogen) atoms. The maximum atomic E-state index is 12.6. The zero-order chi connectivity index (χ0) is 14.9. The van der Waals surface area contributed by atoms with E-state index in [1.807, 2.05) is 13.8 Å². The number of thioether (sulfide) groups is 1. The number of methoxy groups -OCH3 is 1. The topological polar surface area (TPSA) is 66.9 Å². The Hall–Kier alpha value is -1.24. The van der Waals surface area contributed by atoms with Gasteiger partial charge >= 0.3 is 5.97 Å². The monoisotopic (exact) mass is 300 g/mol. The van der Waals surface area contributed by atoms with Crippen LogP contribution in [0.3, 0.4) is 0 Å². The first-order valence-corrected chi connectivity index (χ1v) is 7.67. The van der Waals surface area contributed by atoms with Crippen molar-refractivity contribution in [2.24, 2.45) is 0 Å². The molecule has 0 unspecified atom stereocenters. The van der Waals surface area contributed by atoms with Crippen LogP contribution in [0.25, 0.3) is 0 Å². The van der Waals surface area contributed by atoms with Crippen LogP contribution in [0.5, 0.6) is 0 Å². The molecule has 0 aromatic rings. The lowest BCUT2D eigenvalue weighted by molar-refractivity contribution is -0.153. The molecule has 0 radical (unpaired) electrons. The first kappa shape index (κ1) is 15.2. The quantitative estimate of drug-likeness (QED) is 0.559. The van der Waals surface area contributed by atoms with Crippen molar-refractivity contribution in [2.45, 2.75) is 43.6 Å². The predicted octanol–water partition coefficient (Wildman–Crippen LogP) is 0.460. The molecule has 0 N–H and O–H groups in total. The van der Waals surface area contributed by atoms with E-state index < -0.39 is 12.1 Å². The van der Waals surface area contributed by atoms with Gasteiger partial charge in [-0.2, -0.15) is 0 Å². The highest BCUT2D eigenvalue weighted by Crippen LogP contribution is 2.38. The van der Waals surface area contributed by atoms with E-state index in [1.54, 1.807) is 21.6 Å². The minimum Gasteiger partial charge on any atom is -0.467 e. The molecule has 2 aliphatic heterocycles. The highest BCUT2D eigenvalue weighted by Gasteiger charge is 2.47. The average molecular weight is 300 g/mol. The Balaban J connectivity index is 2.15. The first-order chi connectivity index (χ1) is 9.42. The molecule has 2 aliphatic rings. The van der Waals surface area contributed by atoms with E-state index >= 15 is 0 Å². The standard InChI is InChI=1S/C13H20N2O4S/c1-13(2)15(8-16)10(7-20-13)11(17)14-6-4-5-9(14)12(18)19-3/h8-10H,4-7H2,1-3H3/t9-,10+/m1/s1. The molecule has 2 saturated heterocycles. The Kier molecular flexibility index (Phi) is 4.27. The molecule has 6 nitrogen and oxygen atoms in total. The summed E-state index contributed by atoms with van der Waals surface area (Å²) < 4.78 is 4.75. The maximum absolute atomic E-state index is 12.6. The number of carbonyl (C=O) groups is 3. The van der Waals surface area contributed by atoms with Crippen molar-refractivity contribution in [3.05, 3.63) is 0 Å². The Morgan fingerprint density at radius 1 is 1.35 bits per heavy atom. The second-order valence-electron chi connectivity index (χ2n) is 5.50. The van der Waals surface area contributed by atoms with Crippen molar-refractivity contribution in [3.8, 4) is 0 Å². The molecule has 2 fully saturated rings. The third-order valence-electron chi connectivity index (χ3n) is 3.96. The predicted molar refractivity (Wildman–Crippen MR) is 75.0 cm³/mol. The number of nitrogens with zero attached hydrogens (tertiary/aromatic N) is 2. The summed E-state index contributed by atoms with van der Waals surface area (Å²) in [5.41, 5.74) is 0. The number of esters is 1. The van der Waals surface area contributed by atoms with Gasteiger partial charge in [0.25, 0.3) is 0 Å². The number of hydrogen-bond acceptors (Lipinski definition) is 5. The average Bonchev–Trinajstić information content (AvgIpc) is 3.00. The maximum Gasteiger partial charge on any atom is 0.328 e. The molecular formula is C13H20N2O4S. The Morgan fingerprint density at radius 3 is 2.65 bits per heavy atom. The van der Waals surface area contributed by atoms with Gasteiger partial charge in [-0.1, -0.05) is 0 Å². The molecule has 0 saturated carbocycles. The third-order valence-corrected chi connectivity index (χ3v) is 5.36. The number of amides is 2. The SMILES string of the molecule is COC(=O)[C@H]1CCCN1C(=O)[C@@H]1CSC(C)(C)N1C=O. The molecule has 2 amide bonds. The lowest BCUT2D eigenvalue weighted by Gasteiger charge is -2.33. The van der Waals surface area contributed by atoms with E-state index in [-0.39, 0.29) is 16.7 Å². The van der Waals surface area contributed by atoms with Gasteiger partial charge in [-0.3, -0.25) is 9.59 Å². The fourth-order valence-electron chi connectivity index (χ4n) is 2.81. The summed E-state index contributed by atoms with van der Waals surface area (Å²) in [6, 6.07) is -0.993. The summed E-state index contributed by atoms with van der Waals surface area (Å²) in [5, 5.41) is 0. The van der Waals surface area contributed by atoms with Gasteiger partial charge in [-0.05, 0) is 26.7 Å². The summed E-state index contributed by atoms with van der Waals surface area (Å²) in [5.74, 6) is 0.0381. The van der Waals surface area contributed by atoms with Crippen molar-refractivity contribution in [1.29, 1.82) is 0 Å². The van der Waals surface area contributed by atoms with Crippen molar-refractivity contribution in [1.82, 2.24) is 9.80 Å². The summed E-state index contributed by atoms with van der Waals surface area (Å²) in [6.45, 7) is 4.38. The van der Waals surface area contributed by atoms with Crippen molar-refractivity contribution in [3.63, 3.8) is 0 Å². The highest BCUT2D eigenvalue weighted by atomic mass is 32.2. The van der Waals surface area contributed by atoms with E-state index in [0.717, 1.165) is 12.8 Å². The number of likely N-dealkylation sites (tertiary alicyclic amines) is 1. The van der Waals surface area contributed by atoms with Crippen LogP contribution < -0.4 is 0 Å². The number of ether oxygens (including phenoxy) is 1. The molecule has 0 bridgehead atoms. The third kappa shape index (κ3) is 2.51. The molecule has 7 heteroatoms. The van der Waals surface area contributed by atoms with Crippen LogP contribution in [-0.2, 0) is 19.1 Å². The van der Waals surface area contributed by atoms with E-state index in [1.165, 1.54) is 7.11 Å². The Labute approximate surface area is 122 Å². The molecule has 2 atom stereocenters. The molecule has 2 heterocycles. The zero-order valence-corrected chi connectivity index (χ0v) is 12.8. The fraction of sp³-hybridized carbons (Fsp3) is 0.769. The summed E-state index contributed by atoms with van der Waals surface area (Å²) in [4.78, 5) is 38.4. The Morgan fingerprint density at radius 2 is 2.05 bits per heavy atom. The highest BCUT2D eigenvalue weighted by molar-refractivity contribution is 8.00. The molecule has 0 spiro atoms. The molecule has 0 aromatic heterocycles. The fourth-order valence-corrected chi connectivity index (χ4v) is 3.99. The number of carbonyl (C=O) groups excluding carboxylic acids is 3. The second kappa shape index (κ2) is 5.63. The summed E-state index contributed by atoms with van der Waals surface area (Å²) >= 11 is 1.57. The Bertz CT molecular complexity index is 427. The summed E-state index contributed by atoms with van der Waals surface area (Å²) in [7, 11) is 1.33. The molecular weight excluding hydrogens is 280 g/mol. The van der Waals surface area contributed by atoms with Crippen LogP contribution in [0.1, 0.15) is 26.7 Å². The molecule has 0 aromatic carbocycles. The van der Waals surface area contributed by atoms with Gasteiger partial charge in [0, 0.05) is 12.3 Å². The number of hydrogen-bond donors (Lipinski definition) is 0. The van der Waals surface area contributed by atoms with Crippen molar-refractivity contribution in [2.75, 3.05) is 19.4 Å². The van der Waals surface area contributed by atoms with Crippen LogP contribution in [0, 0.1) is 0 Å². The van der Waals surface area contributed by atoms with Gasteiger partial charge in [0.1, 0.15) is 12.1 Å². The second-order valence-corrected chi connectivity index (χ2v) is 7.12. The van der Waals surface area contributed by atoms with E-state index in [0.29, 0.717) is 18.7 Å². The van der Waals surface area contributed by atoms with Crippen LogP contribution in [0.15, 0.2) is 0 Å². The lowest BCUT2D eigenvalue weighted by Crippen LogP contribution is -2.53. The van der Waals surface area contributed by atoms with Crippen LogP contribution in [0.4, 0.5) is 0 Å². The molecule has 0 aliphatic carbocycles. The normalized spacial score (nSPS) is 28.6. The van der Waals surface area contributed by atoms with E-state index in [2.05, 4.69) is 0 Å². The minimum absolute atomic E-state index is 0.150. The van der Waals surface area contributed by atoms with Gasteiger partial charge in [0.05, 0.1) is 12.0 Å².